The van der Waals surface area contributed by atoms with Crippen molar-refractivity contribution in [2.75, 3.05) is 0 Å². The van der Waals surface area contributed by atoms with Gasteiger partial charge in [0.15, 0.2) is 5.75 Å². The molecule has 2 aromatic rings. The van der Waals surface area contributed by atoms with Gasteiger partial charge in [0.25, 0.3) is 0 Å². The largest absolute Gasteiger partial charge is 0.422 e. The van der Waals surface area contributed by atoms with Crippen molar-refractivity contribution in [1.82, 2.24) is 9.97 Å². The van der Waals surface area contributed by atoms with E-state index in [2.05, 4.69) is 9.97 Å². The number of H-pyrrole nitrogens is 1. The van der Waals surface area contributed by atoms with Crippen molar-refractivity contribution in [3.63, 3.8) is 0 Å². The lowest BCUT2D eigenvalue weighted by molar-refractivity contribution is -0.142. The Hall–Kier alpha value is -1.84. The summed E-state index contributed by atoms with van der Waals surface area (Å²) in [6, 6.07) is 2.05. The highest BCUT2D eigenvalue weighted by atomic mass is 16.5. The summed E-state index contributed by atoms with van der Waals surface area (Å²) >= 11 is 0. The van der Waals surface area contributed by atoms with Crippen LogP contribution in [-0.4, -0.2) is 15.9 Å². The molecule has 0 aliphatic carbocycles. The molecular formula is C13H14N2O2. The maximum absolute atomic E-state index is 11.9. The number of esters is 1. The van der Waals surface area contributed by atoms with E-state index in [9.17, 15) is 4.79 Å². The Bertz CT molecular complexity index is 620. The number of nitrogens with zero attached hydrogens (tertiary/aromatic N) is 1. The first-order chi connectivity index (χ1) is 7.95. The maximum Gasteiger partial charge on any atom is 0.316 e. The average molecular weight is 230 g/mol. The van der Waals surface area contributed by atoms with E-state index >= 15 is 0 Å². The third kappa shape index (κ3) is 1.52. The molecule has 0 saturated carbocycles. The summed E-state index contributed by atoms with van der Waals surface area (Å²) < 4.78 is 5.49. The van der Waals surface area contributed by atoms with Crippen molar-refractivity contribution < 1.29 is 9.53 Å². The number of nitrogens with one attached hydrogen (secondary N) is 1. The fourth-order valence-corrected chi connectivity index (χ4v) is 1.93. The summed E-state index contributed by atoms with van der Waals surface area (Å²) in [5.74, 6) is 0.367. The van der Waals surface area contributed by atoms with Crippen LogP contribution < -0.4 is 4.74 Å². The monoisotopic (exact) mass is 230 g/mol. The lowest BCUT2D eigenvalue weighted by atomic mass is 9.97. The summed E-state index contributed by atoms with van der Waals surface area (Å²) in [6.45, 7) is 5.53. The van der Waals surface area contributed by atoms with Gasteiger partial charge in [-0.15, -0.1) is 0 Å². The van der Waals surface area contributed by atoms with Gasteiger partial charge in [0.05, 0.1) is 16.6 Å². The van der Waals surface area contributed by atoms with E-state index in [0.717, 1.165) is 28.7 Å². The molecule has 1 aliphatic rings. The maximum atomic E-state index is 11.9. The highest BCUT2D eigenvalue weighted by molar-refractivity contribution is 5.89. The number of carbonyl (C=O) groups is 1. The molecule has 0 atom stereocenters. The van der Waals surface area contributed by atoms with Crippen molar-refractivity contribution >= 4 is 17.0 Å². The third-order valence-electron chi connectivity index (χ3n) is 2.91. The fourth-order valence-electron chi connectivity index (χ4n) is 1.93. The summed E-state index contributed by atoms with van der Waals surface area (Å²) in [7, 11) is 0. The Morgan fingerprint density at radius 3 is 2.94 bits per heavy atom. The van der Waals surface area contributed by atoms with Gasteiger partial charge in [-0.25, -0.2) is 0 Å². The summed E-state index contributed by atoms with van der Waals surface area (Å²) in [5.41, 5.74) is 3.29. The molecule has 1 aliphatic heterocycles. The number of pyridine rings is 1. The van der Waals surface area contributed by atoms with Crippen molar-refractivity contribution in [1.29, 1.82) is 0 Å². The molecule has 0 unspecified atom stereocenters. The second-order valence-electron chi connectivity index (χ2n) is 5.49. The van der Waals surface area contributed by atoms with Gasteiger partial charge in [-0.1, -0.05) is 0 Å². The van der Waals surface area contributed by atoms with Crippen LogP contribution in [0.1, 0.15) is 32.0 Å². The number of hydrogen-bond donors (Lipinski definition) is 1. The average Bonchev–Trinajstić information content (AvgIpc) is 2.38. The minimum absolute atomic E-state index is 0.230. The molecule has 3 heterocycles. The van der Waals surface area contributed by atoms with Crippen molar-refractivity contribution in [2.45, 2.75) is 27.2 Å². The van der Waals surface area contributed by atoms with Gasteiger partial charge in [-0.05, 0) is 32.4 Å². The lowest BCUT2D eigenvalue weighted by Gasteiger charge is -2.16. The Labute approximate surface area is 99.0 Å². The summed E-state index contributed by atoms with van der Waals surface area (Å²) in [6.07, 6.45) is 2.58. The van der Waals surface area contributed by atoms with Crippen molar-refractivity contribution in [3.05, 3.63) is 23.5 Å². The van der Waals surface area contributed by atoms with Gasteiger partial charge in [0.2, 0.25) is 0 Å². The summed E-state index contributed by atoms with van der Waals surface area (Å²) in [4.78, 5) is 19.4. The third-order valence-corrected chi connectivity index (χ3v) is 2.91. The number of ether oxygens (including phenoxy) is 1. The highest BCUT2D eigenvalue weighted by Crippen LogP contribution is 2.35. The van der Waals surface area contributed by atoms with E-state index in [4.69, 9.17) is 4.74 Å². The SMILES string of the molecule is CC(C)(C)C(=O)Oc1c2[nH]c3cc(cnc13)C2. The van der Waals surface area contributed by atoms with E-state index in [1.54, 1.807) is 0 Å². The highest BCUT2D eigenvalue weighted by Gasteiger charge is 2.28. The lowest BCUT2D eigenvalue weighted by Crippen LogP contribution is -2.25. The quantitative estimate of drug-likeness (QED) is 0.653. The molecule has 0 spiro atoms. The number of aromatic nitrogens is 2. The molecule has 0 saturated heterocycles. The number of carbonyl (C=O) groups excluding carboxylic acids is 1. The van der Waals surface area contributed by atoms with Gasteiger partial charge < -0.3 is 9.72 Å². The molecule has 3 bridgehead atoms. The molecule has 0 aromatic carbocycles. The Morgan fingerprint density at radius 2 is 2.24 bits per heavy atom. The van der Waals surface area contributed by atoms with Crippen LogP contribution in [0.2, 0.25) is 0 Å². The molecule has 3 rings (SSSR count). The molecule has 4 nitrogen and oxygen atoms in total. The first-order valence-electron chi connectivity index (χ1n) is 5.67. The minimum atomic E-state index is -0.506. The van der Waals surface area contributed by atoms with Gasteiger partial charge >= 0.3 is 5.97 Å². The van der Waals surface area contributed by atoms with E-state index in [1.165, 1.54) is 0 Å². The second kappa shape index (κ2) is 3.09. The zero-order chi connectivity index (χ0) is 12.2. The topological polar surface area (TPSA) is 55.0 Å². The van der Waals surface area contributed by atoms with Crippen LogP contribution in [0.4, 0.5) is 0 Å². The van der Waals surface area contributed by atoms with Crippen molar-refractivity contribution in [2.24, 2.45) is 5.41 Å². The molecule has 17 heavy (non-hydrogen) atoms. The van der Waals surface area contributed by atoms with E-state index in [-0.39, 0.29) is 5.97 Å². The Kier molecular flexibility index (Phi) is 1.88. The zero-order valence-electron chi connectivity index (χ0n) is 10.1. The predicted octanol–water partition coefficient (Wildman–Crippen LogP) is 2.42. The Morgan fingerprint density at radius 1 is 1.47 bits per heavy atom. The molecule has 0 amide bonds. The molecule has 0 radical (unpaired) electrons. The normalized spacial score (nSPS) is 13.6. The molecule has 0 fully saturated rings. The van der Waals surface area contributed by atoms with Crippen LogP contribution in [0, 0.1) is 5.41 Å². The number of rotatable bonds is 1. The number of hydrogen-bond acceptors (Lipinski definition) is 3. The van der Waals surface area contributed by atoms with E-state index in [1.807, 2.05) is 33.0 Å². The van der Waals surface area contributed by atoms with Crippen LogP contribution in [-0.2, 0) is 11.2 Å². The first kappa shape index (κ1) is 10.3. The van der Waals surface area contributed by atoms with Gasteiger partial charge in [0.1, 0.15) is 5.52 Å². The second-order valence-corrected chi connectivity index (χ2v) is 5.49. The minimum Gasteiger partial charge on any atom is -0.422 e. The van der Waals surface area contributed by atoms with Gasteiger partial charge in [-0.2, -0.15) is 0 Å². The van der Waals surface area contributed by atoms with Crippen LogP contribution in [0.25, 0.3) is 11.0 Å². The van der Waals surface area contributed by atoms with Gasteiger partial charge in [-0.3, -0.25) is 9.78 Å². The van der Waals surface area contributed by atoms with Crippen molar-refractivity contribution in [3.8, 4) is 5.75 Å². The summed E-state index contributed by atoms with van der Waals surface area (Å²) in [5, 5.41) is 0. The van der Waals surface area contributed by atoms with Crippen LogP contribution in [0.5, 0.6) is 5.75 Å². The smallest absolute Gasteiger partial charge is 0.316 e. The molecule has 2 aromatic heterocycles. The number of fused-ring (bicyclic) bond motifs is 2. The number of aromatic amines is 1. The van der Waals surface area contributed by atoms with Crippen LogP contribution >= 0.6 is 0 Å². The molecule has 1 N–H and O–H groups in total. The van der Waals surface area contributed by atoms with E-state index in [0.29, 0.717) is 5.75 Å². The zero-order valence-corrected chi connectivity index (χ0v) is 10.1. The fraction of sp³-hybridized carbons (Fsp3) is 0.385. The Balaban J connectivity index is 2.04. The molecular weight excluding hydrogens is 216 g/mol. The standard InChI is InChI=1S/C13H14N2O2/c1-13(2,3)12(16)17-11-9-5-7-4-8(15-9)10(11)14-6-7/h4,6,15H,5H2,1-3H3. The van der Waals surface area contributed by atoms with Crippen LogP contribution in [0.15, 0.2) is 12.3 Å². The predicted molar refractivity (Wildman–Crippen MR) is 64.0 cm³/mol. The molecule has 4 heteroatoms. The molecule has 88 valence electrons. The first-order valence-corrected chi connectivity index (χ1v) is 5.67. The van der Waals surface area contributed by atoms with E-state index < -0.39 is 5.41 Å². The van der Waals surface area contributed by atoms with Crippen LogP contribution in [0.3, 0.4) is 0 Å². The van der Waals surface area contributed by atoms with Gasteiger partial charge in [0, 0.05) is 12.6 Å².